The van der Waals surface area contributed by atoms with Crippen LogP contribution in [0.5, 0.6) is 0 Å². The Bertz CT molecular complexity index is 1020. The quantitative estimate of drug-likeness (QED) is 0.601. The van der Waals surface area contributed by atoms with Gasteiger partial charge in [0.05, 0.1) is 5.39 Å². The summed E-state index contributed by atoms with van der Waals surface area (Å²) in [6.45, 7) is 3.47. The summed E-state index contributed by atoms with van der Waals surface area (Å²) in [6.07, 6.45) is 5.38. The van der Waals surface area contributed by atoms with Crippen molar-refractivity contribution in [1.29, 1.82) is 0 Å². The molecule has 1 aliphatic rings. The summed E-state index contributed by atoms with van der Waals surface area (Å²) in [5, 5.41) is 1.60. The molecule has 0 spiro atoms. The summed E-state index contributed by atoms with van der Waals surface area (Å²) < 4.78 is 1.86. The van der Waals surface area contributed by atoms with E-state index in [1.165, 1.54) is 23.3 Å². The largest absolute Gasteiger partial charge is 0.341 e. The molecular weight excluding hydrogens is 378 g/mol. The zero-order valence-corrected chi connectivity index (χ0v) is 17.4. The van der Waals surface area contributed by atoms with Gasteiger partial charge in [0, 0.05) is 30.0 Å². The van der Waals surface area contributed by atoms with Crippen molar-refractivity contribution in [2.45, 2.75) is 52.1 Å². The number of anilines is 1. The number of thiophene rings is 1. The van der Waals surface area contributed by atoms with Gasteiger partial charge in [-0.05, 0) is 55.4 Å². The van der Waals surface area contributed by atoms with Crippen LogP contribution in [0, 0.1) is 0 Å². The van der Waals surface area contributed by atoms with E-state index in [9.17, 15) is 4.79 Å². The van der Waals surface area contributed by atoms with Gasteiger partial charge in [-0.3, -0.25) is 9.36 Å². The number of halogens is 1. The van der Waals surface area contributed by atoms with E-state index in [-0.39, 0.29) is 5.56 Å². The molecule has 0 saturated heterocycles. The second kappa shape index (κ2) is 7.64. The number of hydrogen-bond acceptors (Lipinski definition) is 4. The maximum atomic E-state index is 13.4. The average molecular weight is 402 g/mol. The summed E-state index contributed by atoms with van der Waals surface area (Å²) in [7, 11) is 2.00. The fourth-order valence-corrected chi connectivity index (χ4v) is 5.25. The van der Waals surface area contributed by atoms with Gasteiger partial charge in [0.2, 0.25) is 5.95 Å². The van der Waals surface area contributed by atoms with Crippen LogP contribution in [0.2, 0.25) is 5.02 Å². The number of aryl methyl sites for hydroxylation is 2. The zero-order valence-electron chi connectivity index (χ0n) is 15.8. The molecule has 0 unspecified atom stereocenters. The third-order valence-corrected chi connectivity index (χ3v) is 6.61. The molecule has 1 aliphatic carbocycles. The highest BCUT2D eigenvalue weighted by Crippen LogP contribution is 2.34. The van der Waals surface area contributed by atoms with Crippen molar-refractivity contribution < 1.29 is 0 Å². The number of hydrogen-bond donors (Lipinski definition) is 0. The highest BCUT2D eigenvalue weighted by Gasteiger charge is 2.23. The van der Waals surface area contributed by atoms with Gasteiger partial charge in [-0.25, -0.2) is 4.98 Å². The first-order valence-corrected chi connectivity index (χ1v) is 10.8. The van der Waals surface area contributed by atoms with E-state index in [4.69, 9.17) is 16.6 Å². The fraction of sp³-hybridized carbons (Fsp3) is 0.429. The van der Waals surface area contributed by atoms with E-state index in [0.29, 0.717) is 13.1 Å². The second-order valence-electron chi connectivity index (χ2n) is 7.24. The third-order valence-electron chi connectivity index (χ3n) is 5.18. The molecule has 0 N–H and O–H groups in total. The molecule has 6 heteroatoms. The maximum absolute atomic E-state index is 13.4. The molecule has 3 aromatic rings. The van der Waals surface area contributed by atoms with E-state index in [1.54, 1.807) is 11.3 Å². The lowest BCUT2D eigenvalue weighted by atomic mass is 9.97. The molecule has 0 radical (unpaired) electrons. The van der Waals surface area contributed by atoms with E-state index in [2.05, 4.69) is 11.8 Å². The van der Waals surface area contributed by atoms with Crippen LogP contribution in [-0.2, 0) is 25.9 Å². The number of rotatable bonds is 5. The maximum Gasteiger partial charge on any atom is 0.263 e. The zero-order chi connectivity index (χ0) is 19.0. The molecule has 142 valence electrons. The first-order valence-electron chi connectivity index (χ1n) is 9.59. The van der Waals surface area contributed by atoms with Crippen molar-refractivity contribution in [3.8, 4) is 0 Å². The van der Waals surface area contributed by atoms with Gasteiger partial charge in [-0.1, -0.05) is 30.7 Å². The van der Waals surface area contributed by atoms with Crippen LogP contribution in [0.3, 0.4) is 0 Å². The Morgan fingerprint density at radius 2 is 1.96 bits per heavy atom. The number of aromatic nitrogens is 2. The van der Waals surface area contributed by atoms with E-state index < -0.39 is 0 Å². The Morgan fingerprint density at radius 3 is 2.70 bits per heavy atom. The minimum Gasteiger partial charge on any atom is -0.341 e. The van der Waals surface area contributed by atoms with Crippen molar-refractivity contribution in [3.05, 3.63) is 55.6 Å². The predicted octanol–water partition coefficient (Wildman–Crippen LogP) is 5.04. The summed E-state index contributed by atoms with van der Waals surface area (Å²) in [5.41, 5.74) is 2.53. The average Bonchev–Trinajstić information content (AvgIpc) is 3.04. The van der Waals surface area contributed by atoms with Crippen molar-refractivity contribution in [2.75, 3.05) is 11.9 Å². The first-order chi connectivity index (χ1) is 13.1. The molecule has 2 aromatic heterocycles. The monoisotopic (exact) mass is 401 g/mol. The molecule has 4 nitrogen and oxygen atoms in total. The minimum absolute atomic E-state index is 0.124. The smallest absolute Gasteiger partial charge is 0.263 e. The van der Waals surface area contributed by atoms with Gasteiger partial charge in [0.1, 0.15) is 4.83 Å². The van der Waals surface area contributed by atoms with Crippen molar-refractivity contribution in [2.24, 2.45) is 0 Å². The van der Waals surface area contributed by atoms with Gasteiger partial charge in [-0.15, -0.1) is 11.3 Å². The number of nitrogens with zero attached hydrogens (tertiary/aromatic N) is 3. The Balaban J connectivity index is 1.79. The van der Waals surface area contributed by atoms with E-state index in [0.717, 1.165) is 46.0 Å². The molecule has 0 amide bonds. The van der Waals surface area contributed by atoms with Crippen LogP contribution in [0.25, 0.3) is 10.2 Å². The Morgan fingerprint density at radius 1 is 1.22 bits per heavy atom. The van der Waals surface area contributed by atoms with Gasteiger partial charge >= 0.3 is 0 Å². The summed E-state index contributed by atoms with van der Waals surface area (Å²) in [4.78, 5) is 22.6. The van der Waals surface area contributed by atoms with Gasteiger partial charge in [0.25, 0.3) is 5.56 Å². The van der Waals surface area contributed by atoms with Gasteiger partial charge in [0.15, 0.2) is 0 Å². The summed E-state index contributed by atoms with van der Waals surface area (Å²) >= 11 is 7.71. The minimum atomic E-state index is 0.124. The lowest BCUT2D eigenvalue weighted by Crippen LogP contribution is -2.30. The highest BCUT2D eigenvalue weighted by atomic mass is 35.5. The van der Waals surface area contributed by atoms with E-state index in [1.807, 2.05) is 35.9 Å². The van der Waals surface area contributed by atoms with Gasteiger partial charge in [-0.2, -0.15) is 0 Å². The van der Waals surface area contributed by atoms with Crippen molar-refractivity contribution in [1.82, 2.24) is 9.55 Å². The second-order valence-corrected chi connectivity index (χ2v) is 8.76. The number of fused-ring (bicyclic) bond motifs is 3. The molecule has 1 aromatic carbocycles. The molecule has 0 saturated carbocycles. The van der Waals surface area contributed by atoms with Crippen LogP contribution in [0.1, 0.15) is 42.2 Å². The Labute approximate surface area is 168 Å². The molecule has 2 heterocycles. The van der Waals surface area contributed by atoms with Gasteiger partial charge < -0.3 is 4.90 Å². The van der Waals surface area contributed by atoms with Crippen LogP contribution < -0.4 is 10.5 Å². The van der Waals surface area contributed by atoms with Crippen LogP contribution >= 0.6 is 22.9 Å². The third kappa shape index (κ3) is 3.50. The topological polar surface area (TPSA) is 38.1 Å². The summed E-state index contributed by atoms with van der Waals surface area (Å²) in [6, 6.07) is 7.83. The normalized spacial score (nSPS) is 13.7. The van der Waals surface area contributed by atoms with Crippen LogP contribution in [-0.4, -0.2) is 16.6 Å². The molecule has 0 atom stereocenters. The first kappa shape index (κ1) is 18.5. The Hall–Kier alpha value is -1.85. The number of benzene rings is 1. The molecule has 27 heavy (non-hydrogen) atoms. The SMILES string of the molecule is CCCn1c(N(C)Cc2ccc(Cl)cc2)nc2sc3c(c2c1=O)CCCC3. The standard InChI is InChI=1S/C21H24ClN3OS/c1-3-12-25-20(26)18-16-6-4-5-7-17(16)27-19(18)23-21(25)24(2)13-14-8-10-15(22)11-9-14/h8-11H,3-7,12-13H2,1-2H3. The Kier molecular flexibility index (Phi) is 5.24. The summed E-state index contributed by atoms with van der Waals surface area (Å²) in [5.74, 6) is 0.753. The highest BCUT2D eigenvalue weighted by molar-refractivity contribution is 7.18. The van der Waals surface area contributed by atoms with Crippen LogP contribution in [0.15, 0.2) is 29.1 Å². The molecular formula is C21H24ClN3OS. The molecule has 0 aliphatic heterocycles. The lowest BCUT2D eigenvalue weighted by molar-refractivity contribution is 0.632. The molecule has 0 fully saturated rings. The van der Waals surface area contributed by atoms with Crippen LogP contribution in [0.4, 0.5) is 5.95 Å². The van der Waals surface area contributed by atoms with Crippen molar-refractivity contribution >= 4 is 39.1 Å². The fourth-order valence-electron chi connectivity index (χ4n) is 3.88. The molecule has 0 bridgehead atoms. The molecule has 4 rings (SSSR count). The van der Waals surface area contributed by atoms with Crippen molar-refractivity contribution in [3.63, 3.8) is 0 Å². The van der Waals surface area contributed by atoms with E-state index >= 15 is 0 Å². The predicted molar refractivity (Wildman–Crippen MR) is 114 cm³/mol. The lowest BCUT2D eigenvalue weighted by Gasteiger charge is -2.22.